The highest BCUT2D eigenvalue weighted by molar-refractivity contribution is 7.13. The third kappa shape index (κ3) is 2.84. The van der Waals surface area contributed by atoms with Gasteiger partial charge in [0.25, 0.3) is 0 Å². The minimum Gasteiger partial charge on any atom is -0.346 e. The van der Waals surface area contributed by atoms with Crippen LogP contribution in [0.15, 0.2) is 29.8 Å². The van der Waals surface area contributed by atoms with Gasteiger partial charge < -0.3 is 14.7 Å². The molecular formula is C22H25N5O2S. The van der Waals surface area contributed by atoms with Crippen LogP contribution in [0.2, 0.25) is 0 Å². The zero-order valence-electron chi connectivity index (χ0n) is 16.8. The van der Waals surface area contributed by atoms with Crippen molar-refractivity contribution in [2.75, 3.05) is 18.0 Å². The molecule has 7 nitrogen and oxygen atoms in total. The Morgan fingerprint density at radius 2 is 1.87 bits per heavy atom. The predicted molar refractivity (Wildman–Crippen MR) is 113 cm³/mol. The van der Waals surface area contributed by atoms with Gasteiger partial charge in [-0.25, -0.2) is 0 Å². The van der Waals surface area contributed by atoms with Crippen LogP contribution in [0.3, 0.4) is 0 Å². The summed E-state index contributed by atoms with van der Waals surface area (Å²) in [6, 6.07) is 8.08. The number of piperidine rings is 3. The number of hydrogen-bond acceptors (Lipinski definition) is 6. The van der Waals surface area contributed by atoms with E-state index in [0.717, 1.165) is 37.5 Å². The largest absolute Gasteiger partial charge is 0.346 e. The fourth-order valence-corrected chi connectivity index (χ4v) is 6.69. The quantitative estimate of drug-likeness (QED) is 0.741. The molecule has 5 heterocycles. The highest BCUT2D eigenvalue weighted by Gasteiger charge is 2.53. The molecule has 4 aliphatic heterocycles. The van der Waals surface area contributed by atoms with Gasteiger partial charge in [-0.05, 0) is 36.3 Å². The molecular weight excluding hydrogens is 398 g/mol. The predicted octanol–water partition coefficient (Wildman–Crippen LogP) is 2.29. The van der Waals surface area contributed by atoms with Gasteiger partial charge in [-0.15, -0.1) is 10.2 Å². The summed E-state index contributed by atoms with van der Waals surface area (Å²) in [5.74, 6) is 0.827. The summed E-state index contributed by atoms with van der Waals surface area (Å²) in [6.07, 6.45) is 3.51. The van der Waals surface area contributed by atoms with E-state index in [1.165, 1.54) is 11.1 Å². The van der Waals surface area contributed by atoms with Crippen LogP contribution in [0.4, 0.5) is 5.13 Å². The second kappa shape index (κ2) is 7.04. The Morgan fingerprint density at radius 3 is 2.60 bits per heavy atom. The van der Waals surface area contributed by atoms with Crippen LogP contribution in [0.5, 0.6) is 0 Å². The summed E-state index contributed by atoms with van der Waals surface area (Å²) in [7, 11) is 0. The lowest BCUT2D eigenvalue weighted by molar-refractivity contribution is -0.161. The van der Waals surface area contributed by atoms with E-state index < -0.39 is 0 Å². The van der Waals surface area contributed by atoms with E-state index in [-0.39, 0.29) is 29.8 Å². The van der Waals surface area contributed by atoms with Crippen molar-refractivity contribution in [2.24, 2.45) is 11.8 Å². The molecule has 3 saturated heterocycles. The first-order valence-corrected chi connectivity index (χ1v) is 11.7. The number of rotatable bonds is 2. The molecule has 30 heavy (non-hydrogen) atoms. The van der Waals surface area contributed by atoms with E-state index in [4.69, 9.17) is 0 Å². The molecule has 2 amide bonds. The Balaban J connectivity index is 1.33. The third-order valence-electron chi connectivity index (χ3n) is 7.37. The molecule has 1 aromatic heterocycles. The zero-order chi connectivity index (χ0) is 20.2. The number of carbonyl (C=O) groups excluding carboxylic acids is 2. The lowest BCUT2D eigenvalue weighted by Crippen LogP contribution is -2.68. The summed E-state index contributed by atoms with van der Waals surface area (Å²) in [4.78, 5) is 33.1. The number of anilines is 1. The summed E-state index contributed by atoms with van der Waals surface area (Å²) < 4.78 is 0. The van der Waals surface area contributed by atoms with Crippen LogP contribution in [0.25, 0.3) is 0 Å². The maximum atomic E-state index is 13.9. The van der Waals surface area contributed by atoms with Gasteiger partial charge in [-0.2, -0.15) is 0 Å². The van der Waals surface area contributed by atoms with Crippen LogP contribution >= 0.6 is 11.3 Å². The minimum atomic E-state index is -0.357. The van der Waals surface area contributed by atoms with E-state index >= 15 is 0 Å². The average molecular weight is 424 g/mol. The van der Waals surface area contributed by atoms with Crippen LogP contribution in [-0.4, -0.2) is 57.0 Å². The van der Waals surface area contributed by atoms with E-state index in [1.54, 1.807) is 16.8 Å². The maximum Gasteiger partial charge on any atom is 0.246 e. The highest BCUT2D eigenvalue weighted by Crippen LogP contribution is 2.43. The molecule has 1 aromatic carbocycles. The van der Waals surface area contributed by atoms with Gasteiger partial charge in [0.2, 0.25) is 16.9 Å². The molecule has 156 valence electrons. The zero-order valence-corrected chi connectivity index (χ0v) is 17.6. The Morgan fingerprint density at radius 1 is 1.10 bits per heavy atom. The summed E-state index contributed by atoms with van der Waals surface area (Å²) in [5, 5.41) is 9.22. The Hall–Kier alpha value is -2.48. The van der Waals surface area contributed by atoms with E-state index in [9.17, 15) is 9.59 Å². The monoisotopic (exact) mass is 423 g/mol. The van der Waals surface area contributed by atoms with Crippen molar-refractivity contribution >= 4 is 28.3 Å². The van der Waals surface area contributed by atoms with Crippen molar-refractivity contribution in [3.63, 3.8) is 0 Å². The van der Waals surface area contributed by atoms with Gasteiger partial charge in [0.1, 0.15) is 11.6 Å². The fourth-order valence-electron chi connectivity index (χ4n) is 6.11. The smallest absolute Gasteiger partial charge is 0.246 e. The minimum absolute atomic E-state index is 0.119. The lowest BCUT2D eigenvalue weighted by Gasteiger charge is -2.56. The van der Waals surface area contributed by atoms with Crippen LogP contribution in [0.1, 0.15) is 36.8 Å². The molecule has 4 atom stereocenters. The van der Waals surface area contributed by atoms with Crippen molar-refractivity contribution < 1.29 is 9.59 Å². The molecule has 2 aromatic rings. The molecule has 0 unspecified atom stereocenters. The van der Waals surface area contributed by atoms with Gasteiger partial charge in [-0.1, -0.05) is 35.6 Å². The normalized spacial score (nSPS) is 30.3. The Labute approximate surface area is 179 Å². The van der Waals surface area contributed by atoms with Crippen LogP contribution < -0.4 is 4.90 Å². The van der Waals surface area contributed by atoms with Gasteiger partial charge in [0, 0.05) is 44.6 Å². The standard InChI is InChI=1S/C22H25N5O2S/c28-19-7-3-6-18-16-8-17(12-26(11-16)22-24-23-13-30-22)20(27(18)19)21(29)25-9-14-4-1-2-5-15(14)10-25/h1-2,4-5,13,16-18,20H,3,6-12H2/t16-,17+,18-,20+/m0/s1. The molecule has 0 aliphatic carbocycles. The highest BCUT2D eigenvalue weighted by atomic mass is 32.1. The molecule has 0 radical (unpaired) electrons. The first-order chi connectivity index (χ1) is 14.7. The summed E-state index contributed by atoms with van der Waals surface area (Å²) >= 11 is 1.55. The van der Waals surface area contributed by atoms with Crippen molar-refractivity contribution in [1.82, 2.24) is 20.0 Å². The Kier molecular flexibility index (Phi) is 4.30. The number of benzene rings is 1. The SMILES string of the molecule is O=C([C@H]1[C@@H]2C[C@@H](CN(c3nncs3)C2)[C@@H]2CCCC(=O)N21)N1Cc2ccccc2C1. The second-order valence-electron chi connectivity index (χ2n) is 9.05. The average Bonchev–Trinajstić information content (AvgIpc) is 3.44. The van der Waals surface area contributed by atoms with Crippen molar-refractivity contribution in [3.8, 4) is 0 Å². The fraction of sp³-hybridized carbons (Fsp3) is 0.545. The number of carbonyl (C=O) groups is 2. The third-order valence-corrected chi connectivity index (χ3v) is 8.12. The van der Waals surface area contributed by atoms with E-state index in [1.807, 2.05) is 21.9 Å². The van der Waals surface area contributed by atoms with Crippen LogP contribution in [0, 0.1) is 11.8 Å². The number of amides is 2. The van der Waals surface area contributed by atoms with Crippen molar-refractivity contribution in [1.29, 1.82) is 0 Å². The summed E-state index contributed by atoms with van der Waals surface area (Å²) in [6.45, 7) is 2.96. The number of fused-ring (bicyclic) bond motifs is 5. The molecule has 0 spiro atoms. The molecule has 2 bridgehead atoms. The molecule has 6 rings (SSSR count). The summed E-state index contributed by atoms with van der Waals surface area (Å²) in [5.41, 5.74) is 4.21. The van der Waals surface area contributed by atoms with Gasteiger partial charge in [0.15, 0.2) is 0 Å². The van der Waals surface area contributed by atoms with E-state index in [2.05, 4.69) is 27.2 Å². The Bertz CT molecular complexity index is 955. The number of hydrogen-bond donors (Lipinski definition) is 0. The molecule has 0 N–H and O–H groups in total. The maximum absolute atomic E-state index is 13.9. The molecule has 0 saturated carbocycles. The number of aromatic nitrogens is 2. The van der Waals surface area contributed by atoms with Gasteiger partial charge in [-0.3, -0.25) is 9.59 Å². The number of nitrogens with zero attached hydrogens (tertiary/aromatic N) is 5. The van der Waals surface area contributed by atoms with Gasteiger partial charge >= 0.3 is 0 Å². The van der Waals surface area contributed by atoms with Gasteiger partial charge in [0.05, 0.1) is 0 Å². The van der Waals surface area contributed by atoms with Crippen molar-refractivity contribution in [3.05, 3.63) is 40.9 Å². The first kappa shape index (κ1) is 18.3. The first-order valence-electron chi connectivity index (χ1n) is 10.9. The van der Waals surface area contributed by atoms with E-state index in [0.29, 0.717) is 25.4 Å². The van der Waals surface area contributed by atoms with Crippen LogP contribution in [-0.2, 0) is 22.7 Å². The molecule has 4 aliphatic rings. The topological polar surface area (TPSA) is 69.6 Å². The van der Waals surface area contributed by atoms with Crippen molar-refractivity contribution in [2.45, 2.75) is 50.9 Å². The second-order valence-corrected chi connectivity index (χ2v) is 9.86. The lowest BCUT2D eigenvalue weighted by atomic mass is 9.71. The molecule has 3 fully saturated rings. The molecule has 8 heteroatoms.